The van der Waals surface area contributed by atoms with Crippen LogP contribution in [0.4, 0.5) is 0 Å². The SMILES string of the molecule is CC(C)CC(NC(=O)c1cc(Oc2ccccc2)ccc1CCC(=O)O)c1cccc2ccccc12. The second-order valence-corrected chi connectivity index (χ2v) is 9.35. The van der Waals surface area contributed by atoms with E-state index in [4.69, 9.17) is 4.74 Å². The molecule has 36 heavy (non-hydrogen) atoms. The Balaban J connectivity index is 1.68. The number of hydrogen-bond donors (Lipinski definition) is 2. The monoisotopic (exact) mass is 481 g/mol. The summed E-state index contributed by atoms with van der Waals surface area (Å²) in [6.07, 6.45) is 0.967. The van der Waals surface area contributed by atoms with Crippen molar-refractivity contribution in [1.82, 2.24) is 5.32 Å². The molecule has 1 unspecified atom stereocenters. The van der Waals surface area contributed by atoms with Gasteiger partial charge in [0, 0.05) is 12.0 Å². The number of fused-ring (bicyclic) bond motifs is 1. The molecule has 0 aliphatic rings. The van der Waals surface area contributed by atoms with Crippen LogP contribution in [0.1, 0.15) is 54.2 Å². The summed E-state index contributed by atoms with van der Waals surface area (Å²) in [7, 11) is 0. The Kier molecular flexibility index (Phi) is 8.01. The lowest BCUT2D eigenvalue weighted by atomic mass is 9.92. The number of carboxylic acids is 1. The fourth-order valence-corrected chi connectivity index (χ4v) is 4.44. The van der Waals surface area contributed by atoms with Gasteiger partial charge in [-0.25, -0.2) is 0 Å². The van der Waals surface area contributed by atoms with E-state index in [2.05, 4.69) is 43.4 Å². The van der Waals surface area contributed by atoms with E-state index in [1.807, 2.05) is 48.5 Å². The molecular formula is C31H31NO4. The van der Waals surface area contributed by atoms with Gasteiger partial charge in [0.2, 0.25) is 0 Å². The van der Waals surface area contributed by atoms with Crippen molar-refractivity contribution in [3.05, 3.63) is 108 Å². The van der Waals surface area contributed by atoms with Gasteiger partial charge in [-0.3, -0.25) is 9.59 Å². The first-order chi connectivity index (χ1) is 17.4. The standard InChI is InChI=1S/C31H31NO4/c1-21(2)19-29(27-14-8-10-22-9-6-7-13-26(22)27)32-31(35)28-20-25(36-24-11-4-3-5-12-24)17-15-23(28)16-18-30(33)34/h3-15,17,20-21,29H,16,18-19H2,1-2H3,(H,32,35)(H,33,34). The molecule has 0 heterocycles. The molecule has 5 heteroatoms. The van der Waals surface area contributed by atoms with Crippen LogP contribution in [0, 0.1) is 5.92 Å². The van der Waals surface area contributed by atoms with Crippen LogP contribution in [0.25, 0.3) is 10.8 Å². The van der Waals surface area contributed by atoms with Gasteiger partial charge in [0.15, 0.2) is 0 Å². The summed E-state index contributed by atoms with van der Waals surface area (Å²) in [5.41, 5.74) is 2.18. The summed E-state index contributed by atoms with van der Waals surface area (Å²) in [6.45, 7) is 4.27. The third kappa shape index (κ3) is 6.30. The van der Waals surface area contributed by atoms with Gasteiger partial charge in [-0.1, -0.05) is 80.6 Å². The molecule has 5 nitrogen and oxygen atoms in total. The molecule has 0 bridgehead atoms. The fourth-order valence-electron chi connectivity index (χ4n) is 4.44. The zero-order valence-corrected chi connectivity index (χ0v) is 20.6. The molecule has 0 aliphatic heterocycles. The predicted octanol–water partition coefficient (Wildman–Crippen LogP) is 7.17. The van der Waals surface area contributed by atoms with E-state index in [1.165, 1.54) is 0 Å². The van der Waals surface area contributed by atoms with Crippen LogP contribution in [0.3, 0.4) is 0 Å². The summed E-state index contributed by atoms with van der Waals surface area (Å²) in [5.74, 6) is 0.395. The number of amides is 1. The van der Waals surface area contributed by atoms with Gasteiger partial charge in [-0.15, -0.1) is 0 Å². The fraction of sp³-hybridized carbons (Fsp3) is 0.226. The summed E-state index contributed by atoms with van der Waals surface area (Å²) >= 11 is 0. The lowest BCUT2D eigenvalue weighted by Gasteiger charge is -2.23. The molecule has 0 spiro atoms. The minimum absolute atomic E-state index is 0.0576. The second kappa shape index (κ2) is 11.5. The van der Waals surface area contributed by atoms with Crippen molar-refractivity contribution in [1.29, 1.82) is 0 Å². The summed E-state index contributed by atoms with van der Waals surface area (Å²) in [6, 6.07) is 28.7. The van der Waals surface area contributed by atoms with Crippen LogP contribution in [-0.2, 0) is 11.2 Å². The van der Waals surface area contributed by atoms with Gasteiger partial charge in [-0.2, -0.15) is 0 Å². The molecule has 4 rings (SSSR count). The number of carbonyl (C=O) groups is 2. The van der Waals surface area contributed by atoms with Gasteiger partial charge in [-0.05, 0) is 64.9 Å². The van der Waals surface area contributed by atoms with Crippen LogP contribution < -0.4 is 10.1 Å². The van der Waals surface area contributed by atoms with Crippen LogP contribution in [-0.4, -0.2) is 17.0 Å². The Bertz CT molecular complexity index is 1340. The minimum Gasteiger partial charge on any atom is -0.481 e. The molecule has 0 radical (unpaired) electrons. The molecule has 184 valence electrons. The average Bonchev–Trinajstić information content (AvgIpc) is 2.87. The highest BCUT2D eigenvalue weighted by molar-refractivity contribution is 5.97. The van der Waals surface area contributed by atoms with E-state index < -0.39 is 5.97 Å². The van der Waals surface area contributed by atoms with Crippen LogP contribution in [0.15, 0.2) is 91.0 Å². The quantitative estimate of drug-likeness (QED) is 0.252. The number of carbonyl (C=O) groups excluding carboxylic acids is 1. The van der Waals surface area contributed by atoms with E-state index in [9.17, 15) is 14.7 Å². The Morgan fingerprint density at radius 3 is 2.33 bits per heavy atom. The lowest BCUT2D eigenvalue weighted by molar-refractivity contribution is -0.136. The largest absolute Gasteiger partial charge is 0.481 e. The molecule has 1 amide bonds. The van der Waals surface area contributed by atoms with Gasteiger partial charge < -0.3 is 15.2 Å². The number of carboxylic acid groups (broad SMARTS) is 1. The molecule has 4 aromatic carbocycles. The molecular weight excluding hydrogens is 450 g/mol. The predicted molar refractivity (Wildman–Crippen MR) is 143 cm³/mol. The lowest BCUT2D eigenvalue weighted by Crippen LogP contribution is -2.30. The van der Waals surface area contributed by atoms with Crippen LogP contribution in [0.2, 0.25) is 0 Å². The van der Waals surface area contributed by atoms with Gasteiger partial charge in [0.1, 0.15) is 11.5 Å². The zero-order chi connectivity index (χ0) is 25.5. The maximum atomic E-state index is 13.7. The second-order valence-electron chi connectivity index (χ2n) is 9.35. The first-order valence-electron chi connectivity index (χ1n) is 12.3. The maximum absolute atomic E-state index is 13.7. The first-order valence-corrected chi connectivity index (χ1v) is 12.3. The van der Waals surface area contributed by atoms with Crippen molar-refractivity contribution in [2.75, 3.05) is 0 Å². The Morgan fingerprint density at radius 2 is 1.58 bits per heavy atom. The number of benzene rings is 4. The number of nitrogens with one attached hydrogen (secondary N) is 1. The summed E-state index contributed by atoms with van der Waals surface area (Å²) < 4.78 is 5.97. The Labute approximate surface area is 211 Å². The molecule has 4 aromatic rings. The molecule has 0 saturated heterocycles. The van der Waals surface area contributed by atoms with E-state index in [-0.39, 0.29) is 24.8 Å². The third-order valence-corrected chi connectivity index (χ3v) is 6.12. The molecule has 2 N–H and O–H groups in total. The molecule has 1 atom stereocenters. The molecule has 0 aromatic heterocycles. The van der Waals surface area contributed by atoms with Crippen molar-refractivity contribution >= 4 is 22.6 Å². The Morgan fingerprint density at radius 1 is 0.861 bits per heavy atom. The first kappa shape index (κ1) is 25.0. The van der Waals surface area contributed by atoms with Crippen molar-refractivity contribution < 1.29 is 19.4 Å². The average molecular weight is 482 g/mol. The van der Waals surface area contributed by atoms with Crippen molar-refractivity contribution in [3.8, 4) is 11.5 Å². The summed E-state index contributed by atoms with van der Waals surface area (Å²) in [5, 5.41) is 14.7. The van der Waals surface area contributed by atoms with Crippen LogP contribution in [0.5, 0.6) is 11.5 Å². The van der Waals surface area contributed by atoms with Crippen molar-refractivity contribution in [2.24, 2.45) is 5.92 Å². The Hall–Kier alpha value is -4.12. The topological polar surface area (TPSA) is 75.6 Å². The number of para-hydroxylation sites is 1. The van der Waals surface area contributed by atoms with E-state index in [1.54, 1.807) is 18.2 Å². The number of rotatable bonds is 10. The number of aliphatic carboxylic acids is 1. The minimum atomic E-state index is -0.903. The van der Waals surface area contributed by atoms with E-state index in [0.29, 0.717) is 28.5 Å². The van der Waals surface area contributed by atoms with Crippen molar-refractivity contribution in [2.45, 2.75) is 39.2 Å². The molecule has 0 fully saturated rings. The normalized spacial score (nSPS) is 11.9. The van der Waals surface area contributed by atoms with Gasteiger partial charge >= 0.3 is 5.97 Å². The maximum Gasteiger partial charge on any atom is 0.303 e. The number of aryl methyl sites for hydroxylation is 1. The molecule has 0 aliphatic carbocycles. The zero-order valence-electron chi connectivity index (χ0n) is 20.6. The van der Waals surface area contributed by atoms with Gasteiger partial charge in [0.05, 0.1) is 6.04 Å². The summed E-state index contributed by atoms with van der Waals surface area (Å²) in [4.78, 5) is 24.9. The van der Waals surface area contributed by atoms with Gasteiger partial charge in [0.25, 0.3) is 5.91 Å². The van der Waals surface area contributed by atoms with E-state index in [0.717, 1.165) is 22.8 Å². The highest BCUT2D eigenvalue weighted by atomic mass is 16.5. The van der Waals surface area contributed by atoms with Crippen molar-refractivity contribution in [3.63, 3.8) is 0 Å². The number of hydrogen-bond acceptors (Lipinski definition) is 3. The smallest absolute Gasteiger partial charge is 0.303 e. The number of ether oxygens (including phenoxy) is 1. The third-order valence-electron chi connectivity index (χ3n) is 6.12. The van der Waals surface area contributed by atoms with E-state index >= 15 is 0 Å². The molecule has 0 saturated carbocycles. The highest BCUT2D eigenvalue weighted by Crippen LogP contribution is 2.30. The highest BCUT2D eigenvalue weighted by Gasteiger charge is 2.21. The van der Waals surface area contributed by atoms with Crippen LogP contribution >= 0.6 is 0 Å².